The lowest BCUT2D eigenvalue weighted by Gasteiger charge is -2.09. The van der Waals surface area contributed by atoms with Gasteiger partial charge in [0.2, 0.25) is 15.0 Å². The summed E-state index contributed by atoms with van der Waals surface area (Å²) in [6, 6.07) is 1.52. The van der Waals surface area contributed by atoms with Crippen LogP contribution in [-0.4, -0.2) is 24.6 Å². The molecule has 0 saturated carbocycles. The summed E-state index contributed by atoms with van der Waals surface area (Å²) in [6.07, 6.45) is 1.43. The third-order valence-corrected chi connectivity index (χ3v) is 4.70. The lowest BCUT2D eigenvalue weighted by molar-refractivity contribution is 0.591. The predicted octanol–water partition coefficient (Wildman–Crippen LogP) is 3.15. The molecular weight excluding hydrogens is 359 g/mol. The molecule has 4 nitrogen and oxygen atoms in total. The van der Waals surface area contributed by atoms with Crippen LogP contribution in [0, 0.1) is 5.82 Å². The van der Waals surface area contributed by atoms with Gasteiger partial charge in [0.05, 0.1) is 15.2 Å². The minimum Gasteiger partial charge on any atom is -0.223 e. The van der Waals surface area contributed by atoms with Gasteiger partial charge in [-0.15, -0.1) is 0 Å². The normalized spacial score (nSPS) is 12.1. The first kappa shape index (κ1) is 14.6. The summed E-state index contributed by atoms with van der Waals surface area (Å²) in [5.74, 6) is -0.690. The van der Waals surface area contributed by atoms with Crippen molar-refractivity contribution in [2.24, 2.45) is 0 Å². The molecule has 2 aromatic rings. The number of aryl methyl sites for hydroxylation is 1. The number of halogens is 3. The maximum Gasteiger partial charge on any atom is 0.247 e. The van der Waals surface area contributed by atoms with Gasteiger partial charge < -0.3 is 0 Å². The molecule has 1 aromatic heterocycles. The summed E-state index contributed by atoms with van der Waals surface area (Å²) in [4.78, 5) is 7.76. The molecule has 0 aliphatic heterocycles. The van der Waals surface area contributed by atoms with Gasteiger partial charge in [-0.05, 0) is 28.4 Å². The molecule has 0 radical (unpaired) electrons. The summed E-state index contributed by atoms with van der Waals surface area (Å²) in [6.45, 7) is 1.79. The van der Waals surface area contributed by atoms with Crippen LogP contribution >= 0.6 is 27.5 Å². The summed E-state index contributed by atoms with van der Waals surface area (Å²) < 4.78 is 37.2. The molecule has 19 heavy (non-hydrogen) atoms. The van der Waals surface area contributed by atoms with E-state index >= 15 is 0 Å². The number of sulfone groups is 1. The number of nitrogens with zero attached hydrogens (tertiary/aromatic N) is 2. The number of benzene rings is 1. The molecule has 2 rings (SSSR count). The second kappa shape index (κ2) is 4.96. The number of hydrogen-bond acceptors (Lipinski definition) is 4. The fourth-order valence-corrected chi connectivity index (χ4v) is 2.67. The molecule has 1 aromatic carbocycles. The second-order valence-corrected chi connectivity index (χ2v) is 7.07. The highest BCUT2D eigenvalue weighted by Crippen LogP contribution is 2.32. The van der Waals surface area contributed by atoms with E-state index in [2.05, 4.69) is 25.9 Å². The minimum atomic E-state index is -3.60. The maximum absolute atomic E-state index is 14.1. The molecule has 1 heterocycles. The van der Waals surface area contributed by atoms with Gasteiger partial charge in [-0.3, -0.25) is 0 Å². The molecule has 0 aliphatic rings. The molecular formula is C11H9BrClFN2O2S. The zero-order valence-corrected chi connectivity index (χ0v) is 13.2. The van der Waals surface area contributed by atoms with E-state index in [1.165, 1.54) is 6.07 Å². The van der Waals surface area contributed by atoms with E-state index in [9.17, 15) is 12.8 Å². The van der Waals surface area contributed by atoms with Crippen LogP contribution in [0.15, 0.2) is 15.7 Å². The molecule has 0 bridgehead atoms. The highest BCUT2D eigenvalue weighted by atomic mass is 79.9. The van der Waals surface area contributed by atoms with Crippen molar-refractivity contribution in [1.29, 1.82) is 0 Å². The maximum atomic E-state index is 14.1. The average molecular weight is 368 g/mol. The Morgan fingerprint density at radius 2 is 2.05 bits per heavy atom. The lowest BCUT2D eigenvalue weighted by Crippen LogP contribution is -2.08. The fraction of sp³-hybridized carbons (Fsp3) is 0.273. The molecule has 0 fully saturated rings. The Balaban J connectivity index is 2.98. The van der Waals surface area contributed by atoms with Gasteiger partial charge in [0.15, 0.2) is 5.82 Å². The van der Waals surface area contributed by atoms with Crippen molar-refractivity contribution in [2.45, 2.75) is 18.5 Å². The first-order valence-corrected chi connectivity index (χ1v) is 8.36. The second-order valence-electron chi connectivity index (χ2n) is 3.96. The first-order valence-electron chi connectivity index (χ1n) is 5.30. The molecule has 0 saturated heterocycles. The zero-order chi connectivity index (χ0) is 14.4. The summed E-state index contributed by atoms with van der Waals surface area (Å²) in [5.41, 5.74) is 0.391. The van der Waals surface area contributed by atoms with Crippen LogP contribution in [0.2, 0.25) is 5.02 Å². The Labute approximate surface area is 123 Å². The van der Waals surface area contributed by atoms with E-state index in [-0.39, 0.29) is 20.2 Å². The van der Waals surface area contributed by atoms with Crippen molar-refractivity contribution in [3.63, 3.8) is 0 Å². The van der Waals surface area contributed by atoms with E-state index < -0.39 is 15.7 Å². The van der Waals surface area contributed by atoms with Crippen molar-refractivity contribution in [3.05, 3.63) is 27.1 Å². The van der Waals surface area contributed by atoms with Gasteiger partial charge in [0, 0.05) is 11.6 Å². The van der Waals surface area contributed by atoms with Crippen molar-refractivity contribution in [2.75, 3.05) is 6.26 Å². The first-order chi connectivity index (χ1) is 8.75. The highest BCUT2D eigenvalue weighted by Gasteiger charge is 2.19. The lowest BCUT2D eigenvalue weighted by atomic mass is 10.1. The van der Waals surface area contributed by atoms with E-state index in [0.29, 0.717) is 17.5 Å². The average Bonchev–Trinajstić information content (AvgIpc) is 2.34. The monoisotopic (exact) mass is 366 g/mol. The Morgan fingerprint density at radius 3 is 2.58 bits per heavy atom. The van der Waals surface area contributed by atoms with E-state index in [1.54, 1.807) is 6.92 Å². The van der Waals surface area contributed by atoms with Crippen LogP contribution in [0.25, 0.3) is 10.9 Å². The van der Waals surface area contributed by atoms with Crippen LogP contribution in [-0.2, 0) is 16.3 Å². The Bertz CT molecular complexity index is 780. The van der Waals surface area contributed by atoms with Crippen LogP contribution in [0.3, 0.4) is 0 Å². The van der Waals surface area contributed by atoms with E-state index in [1.807, 2.05) is 0 Å². The van der Waals surface area contributed by atoms with Gasteiger partial charge in [-0.25, -0.2) is 22.8 Å². The standard InChI is InChI=1S/C11H9BrClFN2O2S/c1-3-7-5-4-6(13)8(12)9(14)10(5)16-11(15-7)19(2,17)18/h4H,3H2,1-2H3. The van der Waals surface area contributed by atoms with Crippen molar-refractivity contribution in [1.82, 2.24) is 9.97 Å². The molecule has 0 atom stereocenters. The SMILES string of the molecule is CCc1nc(S(C)(=O)=O)nc2c(F)c(Br)c(Cl)cc12. The Hall–Kier alpha value is -0.790. The van der Waals surface area contributed by atoms with Crippen molar-refractivity contribution >= 4 is 48.3 Å². The topological polar surface area (TPSA) is 59.9 Å². The van der Waals surface area contributed by atoms with Gasteiger partial charge in [-0.1, -0.05) is 18.5 Å². The molecule has 8 heteroatoms. The molecule has 0 spiro atoms. The molecule has 102 valence electrons. The van der Waals surface area contributed by atoms with Gasteiger partial charge in [0.1, 0.15) is 5.52 Å². The third kappa shape index (κ3) is 2.59. The fourth-order valence-electron chi connectivity index (χ4n) is 1.65. The minimum absolute atomic E-state index is 0.0523. The summed E-state index contributed by atoms with van der Waals surface area (Å²) in [7, 11) is -3.60. The highest BCUT2D eigenvalue weighted by molar-refractivity contribution is 9.10. The van der Waals surface area contributed by atoms with Crippen molar-refractivity contribution < 1.29 is 12.8 Å². The number of rotatable bonds is 2. The quantitative estimate of drug-likeness (QED) is 0.604. The Kier molecular flexibility index (Phi) is 3.81. The number of fused-ring (bicyclic) bond motifs is 1. The van der Waals surface area contributed by atoms with Crippen LogP contribution in [0.1, 0.15) is 12.6 Å². The van der Waals surface area contributed by atoms with Crippen LogP contribution < -0.4 is 0 Å². The summed E-state index contributed by atoms with van der Waals surface area (Å²) in [5, 5.41) is 0.223. The van der Waals surface area contributed by atoms with Gasteiger partial charge in [-0.2, -0.15) is 0 Å². The Morgan fingerprint density at radius 1 is 1.42 bits per heavy atom. The van der Waals surface area contributed by atoms with E-state index in [0.717, 1.165) is 6.26 Å². The molecule has 0 aliphatic carbocycles. The largest absolute Gasteiger partial charge is 0.247 e. The smallest absolute Gasteiger partial charge is 0.223 e. The number of aromatic nitrogens is 2. The number of hydrogen-bond donors (Lipinski definition) is 0. The van der Waals surface area contributed by atoms with Crippen LogP contribution in [0.4, 0.5) is 4.39 Å². The predicted molar refractivity (Wildman–Crippen MR) is 74.7 cm³/mol. The van der Waals surface area contributed by atoms with Crippen LogP contribution in [0.5, 0.6) is 0 Å². The molecule has 0 amide bonds. The summed E-state index contributed by atoms with van der Waals surface area (Å²) >= 11 is 8.90. The van der Waals surface area contributed by atoms with Crippen molar-refractivity contribution in [3.8, 4) is 0 Å². The molecule has 0 N–H and O–H groups in total. The van der Waals surface area contributed by atoms with E-state index in [4.69, 9.17) is 11.6 Å². The zero-order valence-electron chi connectivity index (χ0n) is 10.0. The molecule has 0 unspecified atom stereocenters. The van der Waals surface area contributed by atoms with Gasteiger partial charge in [0.25, 0.3) is 0 Å². The third-order valence-electron chi connectivity index (χ3n) is 2.55. The van der Waals surface area contributed by atoms with Gasteiger partial charge >= 0.3 is 0 Å².